The predicted molar refractivity (Wildman–Crippen MR) is 81.9 cm³/mol. The molecular weight excluding hydrogens is 270 g/mol. The van der Waals surface area contributed by atoms with E-state index in [0.717, 1.165) is 0 Å². The van der Waals surface area contributed by atoms with E-state index in [2.05, 4.69) is 4.74 Å². The molecule has 1 aromatic heterocycles. The van der Waals surface area contributed by atoms with Crippen LogP contribution in [-0.2, 0) is 16.1 Å². The Hall–Kier alpha value is -1.98. The molecule has 0 saturated heterocycles. The van der Waals surface area contributed by atoms with Crippen LogP contribution in [0.15, 0.2) is 12.3 Å². The number of hydrogen-bond donors (Lipinski definition) is 1. The van der Waals surface area contributed by atoms with Crippen molar-refractivity contribution in [2.24, 2.45) is 5.92 Å². The molecule has 0 fully saturated rings. The normalized spacial score (nSPS) is 10.7. The number of rotatable bonds is 7. The molecule has 0 aliphatic carbocycles. The maximum atomic E-state index is 12.7. The molecule has 118 valence electrons. The summed E-state index contributed by atoms with van der Waals surface area (Å²) in [5.41, 5.74) is 6.90. The van der Waals surface area contributed by atoms with Crippen LogP contribution in [0.25, 0.3) is 0 Å². The molecule has 0 saturated carbocycles. The van der Waals surface area contributed by atoms with Gasteiger partial charge in [0.2, 0.25) is 0 Å². The van der Waals surface area contributed by atoms with E-state index in [1.165, 1.54) is 7.11 Å². The fourth-order valence-corrected chi connectivity index (χ4v) is 2.18. The van der Waals surface area contributed by atoms with Gasteiger partial charge in [-0.3, -0.25) is 9.59 Å². The first kappa shape index (κ1) is 17.1. The Morgan fingerprint density at radius 3 is 2.62 bits per heavy atom. The van der Waals surface area contributed by atoms with Crippen molar-refractivity contribution < 1.29 is 14.3 Å². The zero-order valence-corrected chi connectivity index (χ0v) is 13.3. The van der Waals surface area contributed by atoms with E-state index >= 15 is 0 Å². The van der Waals surface area contributed by atoms with E-state index in [0.29, 0.717) is 36.9 Å². The predicted octanol–water partition coefficient (Wildman–Crippen LogP) is 1.75. The maximum Gasteiger partial charge on any atom is 0.307 e. The highest BCUT2D eigenvalue weighted by Crippen LogP contribution is 2.14. The highest BCUT2D eigenvalue weighted by atomic mass is 16.5. The summed E-state index contributed by atoms with van der Waals surface area (Å²) in [6.07, 6.45) is 1.94. The van der Waals surface area contributed by atoms with Gasteiger partial charge in [-0.15, -0.1) is 0 Å². The van der Waals surface area contributed by atoms with Crippen molar-refractivity contribution >= 4 is 17.6 Å². The minimum Gasteiger partial charge on any atom is -0.469 e. The molecule has 6 nitrogen and oxygen atoms in total. The molecule has 1 amide bonds. The van der Waals surface area contributed by atoms with Crippen molar-refractivity contribution in [2.75, 3.05) is 25.9 Å². The van der Waals surface area contributed by atoms with Crippen LogP contribution >= 0.6 is 0 Å². The molecule has 0 aromatic carbocycles. The maximum absolute atomic E-state index is 12.7. The second-order valence-electron chi connectivity index (χ2n) is 5.42. The number of nitrogens with two attached hydrogens (primary N) is 1. The minimum absolute atomic E-state index is 0.105. The number of aromatic nitrogens is 1. The molecular formula is C15H25N3O3. The van der Waals surface area contributed by atoms with Crippen LogP contribution in [0.3, 0.4) is 0 Å². The van der Waals surface area contributed by atoms with Crippen molar-refractivity contribution in [3.63, 3.8) is 0 Å². The molecule has 6 heteroatoms. The molecule has 0 spiro atoms. The van der Waals surface area contributed by atoms with Crippen molar-refractivity contribution in [3.8, 4) is 0 Å². The molecule has 1 aromatic rings. The SMILES string of the molecule is CCn1cc(N)cc1C(=O)N(CCC(=O)OC)CC(C)C. The summed E-state index contributed by atoms with van der Waals surface area (Å²) in [6, 6.07) is 1.68. The Morgan fingerprint density at radius 2 is 2.10 bits per heavy atom. The van der Waals surface area contributed by atoms with Crippen LogP contribution in [0.2, 0.25) is 0 Å². The number of amides is 1. The Labute approximate surface area is 125 Å². The third kappa shape index (κ3) is 4.81. The topological polar surface area (TPSA) is 77.6 Å². The number of ether oxygens (including phenoxy) is 1. The zero-order valence-electron chi connectivity index (χ0n) is 13.3. The average Bonchev–Trinajstić information content (AvgIpc) is 2.82. The Balaban J connectivity index is 2.90. The molecule has 0 unspecified atom stereocenters. The minimum atomic E-state index is -0.318. The van der Waals surface area contributed by atoms with Gasteiger partial charge in [0.05, 0.1) is 19.2 Å². The van der Waals surface area contributed by atoms with Gasteiger partial charge in [-0.05, 0) is 18.9 Å². The van der Waals surface area contributed by atoms with Gasteiger partial charge in [-0.25, -0.2) is 0 Å². The lowest BCUT2D eigenvalue weighted by atomic mass is 10.2. The lowest BCUT2D eigenvalue weighted by Crippen LogP contribution is -2.37. The summed E-state index contributed by atoms with van der Waals surface area (Å²) in [6.45, 7) is 7.63. The monoisotopic (exact) mass is 295 g/mol. The Bertz CT molecular complexity index is 494. The number of nitrogens with zero attached hydrogens (tertiary/aromatic N) is 2. The fourth-order valence-electron chi connectivity index (χ4n) is 2.18. The van der Waals surface area contributed by atoms with Crippen LogP contribution in [-0.4, -0.2) is 41.5 Å². The zero-order chi connectivity index (χ0) is 16.0. The average molecular weight is 295 g/mol. The number of nitrogen functional groups attached to an aromatic ring is 1. The van der Waals surface area contributed by atoms with Crippen LogP contribution in [0.5, 0.6) is 0 Å². The fraction of sp³-hybridized carbons (Fsp3) is 0.600. The molecule has 0 atom stereocenters. The number of aryl methyl sites for hydroxylation is 1. The molecule has 1 heterocycles. The van der Waals surface area contributed by atoms with E-state index < -0.39 is 0 Å². The van der Waals surface area contributed by atoms with Crippen molar-refractivity contribution in [1.29, 1.82) is 0 Å². The second kappa shape index (κ2) is 7.71. The standard InChI is InChI=1S/C15H25N3O3/c1-5-17-10-12(16)8-13(17)15(20)18(9-11(2)3)7-6-14(19)21-4/h8,10-11H,5-7,9,16H2,1-4H3. The highest BCUT2D eigenvalue weighted by Gasteiger charge is 2.21. The van der Waals surface area contributed by atoms with Crippen molar-refractivity contribution in [3.05, 3.63) is 18.0 Å². The third-order valence-corrected chi connectivity index (χ3v) is 3.16. The Kier molecular flexibility index (Phi) is 6.27. The Morgan fingerprint density at radius 1 is 1.43 bits per heavy atom. The second-order valence-corrected chi connectivity index (χ2v) is 5.42. The number of methoxy groups -OCH3 is 1. The van der Waals surface area contributed by atoms with Gasteiger partial charge in [-0.2, -0.15) is 0 Å². The van der Waals surface area contributed by atoms with E-state index in [-0.39, 0.29) is 18.3 Å². The molecule has 1 rings (SSSR count). The van der Waals surface area contributed by atoms with Gasteiger partial charge in [0.15, 0.2) is 0 Å². The molecule has 0 bridgehead atoms. The van der Waals surface area contributed by atoms with Crippen LogP contribution in [0.4, 0.5) is 5.69 Å². The van der Waals surface area contributed by atoms with Gasteiger partial charge >= 0.3 is 5.97 Å². The van der Waals surface area contributed by atoms with E-state index in [1.807, 2.05) is 25.3 Å². The van der Waals surface area contributed by atoms with Gasteiger partial charge in [0, 0.05) is 25.8 Å². The van der Waals surface area contributed by atoms with Crippen molar-refractivity contribution in [1.82, 2.24) is 9.47 Å². The molecule has 0 radical (unpaired) electrons. The summed E-state index contributed by atoms with van der Waals surface area (Å²) < 4.78 is 6.46. The lowest BCUT2D eigenvalue weighted by Gasteiger charge is -2.24. The van der Waals surface area contributed by atoms with Crippen LogP contribution in [0.1, 0.15) is 37.7 Å². The molecule has 2 N–H and O–H groups in total. The number of esters is 1. The van der Waals surface area contributed by atoms with E-state index in [4.69, 9.17) is 5.73 Å². The molecule has 0 aliphatic heterocycles. The van der Waals surface area contributed by atoms with E-state index in [9.17, 15) is 9.59 Å². The summed E-state index contributed by atoms with van der Waals surface area (Å²) in [5.74, 6) is -0.109. The third-order valence-electron chi connectivity index (χ3n) is 3.16. The number of hydrogen-bond acceptors (Lipinski definition) is 4. The molecule has 21 heavy (non-hydrogen) atoms. The van der Waals surface area contributed by atoms with Crippen LogP contribution < -0.4 is 5.73 Å². The first-order valence-electron chi connectivity index (χ1n) is 7.20. The molecule has 0 aliphatic rings. The quantitative estimate of drug-likeness (QED) is 0.777. The lowest BCUT2D eigenvalue weighted by molar-refractivity contribution is -0.140. The summed E-state index contributed by atoms with van der Waals surface area (Å²) >= 11 is 0. The highest BCUT2D eigenvalue weighted by molar-refractivity contribution is 5.94. The first-order chi connectivity index (χ1) is 9.88. The number of anilines is 1. The number of carbonyl (C=O) groups excluding carboxylic acids is 2. The van der Waals surface area contributed by atoms with Gasteiger partial charge in [0.1, 0.15) is 5.69 Å². The largest absolute Gasteiger partial charge is 0.469 e. The van der Waals surface area contributed by atoms with E-state index in [1.54, 1.807) is 17.2 Å². The van der Waals surface area contributed by atoms with Gasteiger partial charge in [-0.1, -0.05) is 13.8 Å². The van der Waals surface area contributed by atoms with Crippen LogP contribution in [0, 0.1) is 5.92 Å². The van der Waals surface area contributed by atoms with Crippen molar-refractivity contribution in [2.45, 2.75) is 33.7 Å². The summed E-state index contributed by atoms with van der Waals surface area (Å²) in [7, 11) is 1.35. The van der Waals surface area contributed by atoms with Gasteiger partial charge < -0.3 is 19.9 Å². The summed E-state index contributed by atoms with van der Waals surface area (Å²) in [5, 5.41) is 0. The van der Waals surface area contributed by atoms with Gasteiger partial charge in [0.25, 0.3) is 5.91 Å². The number of carbonyl (C=O) groups is 2. The summed E-state index contributed by atoms with van der Waals surface area (Å²) in [4.78, 5) is 25.7. The first-order valence-corrected chi connectivity index (χ1v) is 7.20. The smallest absolute Gasteiger partial charge is 0.307 e.